The molecule has 25 heavy (non-hydrogen) atoms. The third-order valence-corrected chi connectivity index (χ3v) is 4.14. The zero-order chi connectivity index (χ0) is 17.8. The van der Waals surface area contributed by atoms with Gasteiger partial charge in [-0.15, -0.1) is 0 Å². The smallest absolute Gasteiger partial charge is 0.274 e. The van der Waals surface area contributed by atoms with Crippen LogP contribution in [0, 0.1) is 13.8 Å². The van der Waals surface area contributed by atoms with E-state index in [1.165, 1.54) is 5.56 Å². The average Bonchev–Trinajstić information content (AvgIpc) is 2.64. The van der Waals surface area contributed by atoms with E-state index < -0.39 is 0 Å². The first-order valence-electron chi connectivity index (χ1n) is 8.18. The van der Waals surface area contributed by atoms with Gasteiger partial charge in [0.05, 0.1) is 0 Å². The topological polar surface area (TPSA) is 45.2 Å². The molecule has 1 heterocycles. The Morgan fingerprint density at radius 3 is 2.44 bits per heavy atom. The fourth-order valence-electron chi connectivity index (χ4n) is 2.69. The summed E-state index contributed by atoms with van der Waals surface area (Å²) < 4.78 is 0. The highest BCUT2D eigenvalue weighted by Gasteiger charge is 2.12. The summed E-state index contributed by atoms with van der Waals surface area (Å²) in [4.78, 5) is 18.8. The highest BCUT2D eigenvalue weighted by atomic mass is 16.1. The maximum Gasteiger partial charge on any atom is 0.274 e. The van der Waals surface area contributed by atoms with Crippen molar-refractivity contribution in [3.05, 3.63) is 83.7 Å². The van der Waals surface area contributed by atoms with Gasteiger partial charge in [-0.2, -0.15) is 0 Å². The number of hydrogen-bond donors (Lipinski definition) is 1. The molecule has 3 rings (SSSR count). The van der Waals surface area contributed by atoms with E-state index in [2.05, 4.69) is 10.3 Å². The first-order chi connectivity index (χ1) is 12.0. The maximum absolute atomic E-state index is 12.6. The number of benzene rings is 2. The Labute approximate surface area is 148 Å². The van der Waals surface area contributed by atoms with Gasteiger partial charge in [0, 0.05) is 30.3 Å². The Kier molecular flexibility index (Phi) is 4.80. The minimum absolute atomic E-state index is 0.213. The van der Waals surface area contributed by atoms with Crippen molar-refractivity contribution < 1.29 is 4.79 Å². The van der Waals surface area contributed by atoms with Crippen LogP contribution in [0.2, 0.25) is 0 Å². The number of para-hydroxylation sites is 1. The number of carbonyl (C=O) groups excluding carboxylic acids is 1. The monoisotopic (exact) mass is 331 g/mol. The Morgan fingerprint density at radius 2 is 1.72 bits per heavy atom. The van der Waals surface area contributed by atoms with Crippen molar-refractivity contribution in [1.82, 2.24) is 4.98 Å². The molecule has 0 aliphatic carbocycles. The molecule has 4 nitrogen and oxygen atoms in total. The second-order valence-corrected chi connectivity index (χ2v) is 6.07. The number of aromatic nitrogens is 1. The van der Waals surface area contributed by atoms with E-state index in [4.69, 9.17) is 0 Å². The van der Waals surface area contributed by atoms with Crippen molar-refractivity contribution in [2.24, 2.45) is 0 Å². The van der Waals surface area contributed by atoms with Crippen LogP contribution in [0.3, 0.4) is 0 Å². The molecule has 2 aromatic carbocycles. The number of nitrogens with one attached hydrogen (secondary N) is 1. The van der Waals surface area contributed by atoms with Crippen LogP contribution < -0.4 is 10.2 Å². The van der Waals surface area contributed by atoms with Crippen molar-refractivity contribution in [1.29, 1.82) is 0 Å². The number of rotatable bonds is 4. The largest absolute Gasteiger partial charge is 0.345 e. The fraction of sp³-hybridized carbons (Fsp3) is 0.143. The van der Waals surface area contributed by atoms with Crippen molar-refractivity contribution in [2.75, 3.05) is 17.3 Å². The van der Waals surface area contributed by atoms with Gasteiger partial charge in [-0.25, -0.2) is 0 Å². The first-order valence-corrected chi connectivity index (χ1v) is 8.18. The molecule has 126 valence electrons. The second kappa shape index (κ2) is 7.18. The predicted molar refractivity (Wildman–Crippen MR) is 103 cm³/mol. The molecule has 0 radical (unpaired) electrons. The van der Waals surface area contributed by atoms with E-state index in [9.17, 15) is 4.79 Å². The van der Waals surface area contributed by atoms with Crippen molar-refractivity contribution in [3.8, 4) is 0 Å². The summed E-state index contributed by atoms with van der Waals surface area (Å²) in [6.07, 6.45) is 1.66. The number of amides is 1. The average molecular weight is 331 g/mol. The lowest BCUT2D eigenvalue weighted by molar-refractivity contribution is 0.102. The lowest BCUT2D eigenvalue weighted by Crippen LogP contribution is -2.16. The Bertz CT molecular complexity index is 891. The third-order valence-electron chi connectivity index (χ3n) is 4.14. The minimum Gasteiger partial charge on any atom is -0.345 e. The van der Waals surface area contributed by atoms with Crippen LogP contribution in [-0.4, -0.2) is 17.9 Å². The molecule has 0 bridgehead atoms. The number of anilines is 3. The van der Waals surface area contributed by atoms with Crippen LogP contribution in [-0.2, 0) is 0 Å². The quantitative estimate of drug-likeness (QED) is 0.752. The number of pyridine rings is 1. The summed E-state index contributed by atoms with van der Waals surface area (Å²) in [7, 11) is 1.97. The maximum atomic E-state index is 12.6. The van der Waals surface area contributed by atoms with Crippen molar-refractivity contribution in [2.45, 2.75) is 13.8 Å². The Balaban J connectivity index is 1.82. The highest BCUT2D eigenvalue weighted by Crippen LogP contribution is 2.23. The Hall–Kier alpha value is -3.14. The van der Waals surface area contributed by atoms with Gasteiger partial charge in [-0.1, -0.05) is 35.9 Å². The molecule has 0 saturated heterocycles. The zero-order valence-electron chi connectivity index (χ0n) is 14.7. The van der Waals surface area contributed by atoms with Crippen LogP contribution in [0.25, 0.3) is 0 Å². The molecule has 1 N–H and O–H groups in total. The number of carbonyl (C=O) groups is 1. The molecule has 0 saturated carbocycles. The standard InChI is InChI=1S/C21H21N3O/c1-15-9-10-19(16(2)13-15)23-21(25)20-14-18(11-12-22-20)24(3)17-7-5-4-6-8-17/h4-14H,1-3H3,(H,23,25). The van der Waals surface area contributed by atoms with Crippen LogP contribution in [0.1, 0.15) is 21.6 Å². The van der Waals surface area contributed by atoms with Crippen molar-refractivity contribution >= 4 is 23.0 Å². The molecule has 0 spiro atoms. The first kappa shape index (κ1) is 16.7. The van der Waals surface area contributed by atoms with Crippen molar-refractivity contribution in [3.63, 3.8) is 0 Å². The summed E-state index contributed by atoms with van der Waals surface area (Å²) >= 11 is 0. The van der Waals surface area contributed by atoms with Gasteiger partial charge in [0.1, 0.15) is 5.69 Å². The minimum atomic E-state index is -0.213. The molecule has 4 heteroatoms. The van der Waals surface area contributed by atoms with E-state index in [1.807, 2.05) is 80.4 Å². The van der Waals surface area contributed by atoms with Gasteiger partial charge < -0.3 is 10.2 Å². The molecule has 0 atom stereocenters. The molecule has 1 aromatic heterocycles. The normalized spacial score (nSPS) is 10.4. The van der Waals surface area contributed by atoms with E-state index >= 15 is 0 Å². The number of aryl methyl sites for hydroxylation is 2. The lowest BCUT2D eigenvalue weighted by atomic mass is 10.1. The summed E-state index contributed by atoms with van der Waals surface area (Å²) in [5.41, 5.74) is 5.35. The molecule has 3 aromatic rings. The highest BCUT2D eigenvalue weighted by molar-refractivity contribution is 6.03. The predicted octanol–water partition coefficient (Wildman–Crippen LogP) is 4.72. The molecule has 0 aliphatic heterocycles. The second-order valence-electron chi connectivity index (χ2n) is 6.07. The van der Waals surface area contributed by atoms with Gasteiger partial charge in [-0.05, 0) is 49.7 Å². The molecular formula is C21H21N3O. The van der Waals surface area contributed by atoms with Gasteiger partial charge in [0.25, 0.3) is 5.91 Å². The van der Waals surface area contributed by atoms with Crippen LogP contribution in [0.4, 0.5) is 17.1 Å². The van der Waals surface area contributed by atoms with Gasteiger partial charge in [-0.3, -0.25) is 9.78 Å². The lowest BCUT2D eigenvalue weighted by Gasteiger charge is -2.19. The Morgan fingerprint density at radius 1 is 0.960 bits per heavy atom. The zero-order valence-corrected chi connectivity index (χ0v) is 14.7. The molecule has 0 aliphatic rings. The molecule has 0 fully saturated rings. The van der Waals surface area contributed by atoms with E-state index in [1.54, 1.807) is 12.3 Å². The van der Waals surface area contributed by atoms with Crippen LogP contribution in [0.5, 0.6) is 0 Å². The summed E-state index contributed by atoms with van der Waals surface area (Å²) in [6.45, 7) is 4.01. The number of nitrogens with zero attached hydrogens (tertiary/aromatic N) is 2. The summed E-state index contributed by atoms with van der Waals surface area (Å²) in [5.74, 6) is -0.213. The summed E-state index contributed by atoms with van der Waals surface area (Å²) in [5, 5.41) is 2.94. The van der Waals surface area contributed by atoms with E-state index in [0.717, 1.165) is 22.6 Å². The van der Waals surface area contributed by atoms with E-state index in [-0.39, 0.29) is 5.91 Å². The molecule has 1 amide bonds. The van der Waals surface area contributed by atoms with E-state index in [0.29, 0.717) is 5.69 Å². The van der Waals surface area contributed by atoms with Gasteiger partial charge >= 0.3 is 0 Å². The summed E-state index contributed by atoms with van der Waals surface area (Å²) in [6, 6.07) is 19.6. The SMILES string of the molecule is Cc1ccc(NC(=O)c2cc(N(C)c3ccccc3)ccn2)c(C)c1. The van der Waals surface area contributed by atoms with Crippen LogP contribution in [0.15, 0.2) is 66.9 Å². The van der Waals surface area contributed by atoms with Crippen LogP contribution >= 0.6 is 0 Å². The third kappa shape index (κ3) is 3.86. The fourth-order valence-corrected chi connectivity index (χ4v) is 2.69. The molecule has 0 unspecified atom stereocenters. The molecular weight excluding hydrogens is 310 g/mol. The van der Waals surface area contributed by atoms with Gasteiger partial charge in [0.15, 0.2) is 0 Å². The number of hydrogen-bond acceptors (Lipinski definition) is 3. The van der Waals surface area contributed by atoms with Gasteiger partial charge in [0.2, 0.25) is 0 Å².